The fraction of sp³-hybridized carbons (Fsp3) is 0.167. The SMILES string of the molecule is CN(CCF)c1ccc(/C=C/C(=O)c2ccc(N)cc2)cc1. The first-order chi connectivity index (χ1) is 10.6. The van der Waals surface area contributed by atoms with Gasteiger partial charge in [-0.05, 0) is 48.0 Å². The Kier molecular flexibility index (Phi) is 5.31. The van der Waals surface area contributed by atoms with Crippen molar-refractivity contribution < 1.29 is 9.18 Å². The Bertz CT molecular complexity index is 648. The van der Waals surface area contributed by atoms with Crippen molar-refractivity contribution in [1.29, 1.82) is 0 Å². The zero-order chi connectivity index (χ0) is 15.9. The highest BCUT2D eigenvalue weighted by Gasteiger charge is 2.02. The van der Waals surface area contributed by atoms with Crippen molar-refractivity contribution in [3.8, 4) is 0 Å². The summed E-state index contributed by atoms with van der Waals surface area (Å²) in [6, 6.07) is 14.4. The van der Waals surface area contributed by atoms with E-state index in [-0.39, 0.29) is 12.5 Å². The maximum atomic E-state index is 12.3. The third kappa shape index (κ3) is 4.19. The Labute approximate surface area is 129 Å². The molecule has 0 amide bonds. The van der Waals surface area contributed by atoms with Gasteiger partial charge in [0.1, 0.15) is 6.67 Å². The molecule has 0 radical (unpaired) electrons. The molecule has 0 atom stereocenters. The Balaban J connectivity index is 2.03. The van der Waals surface area contributed by atoms with Crippen molar-refractivity contribution in [3.63, 3.8) is 0 Å². The van der Waals surface area contributed by atoms with Gasteiger partial charge in [-0.3, -0.25) is 4.79 Å². The van der Waals surface area contributed by atoms with Crippen LogP contribution >= 0.6 is 0 Å². The summed E-state index contributed by atoms with van der Waals surface area (Å²) < 4.78 is 12.3. The largest absolute Gasteiger partial charge is 0.399 e. The molecule has 0 fully saturated rings. The zero-order valence-corrected chi connectivity index (χ0v) is 12.5. The third-order valence-electron chi connectivity index (χ3n) is 3.38. The molecule has 0 aromatic heterocycles. The number of alkyl halides is 1. The molecule has 2 N–H and O–H groups in total. The van der Waals surface area contributed by atoms with Crippen LogP contribution in [0.5, 0.6) is 0 Å². The number of rotatable bonds is 6. The van der Waals surface area contributed by atoms with Gasteiger partial charge in [0.15, 0.2) is 5.78 Å². The minimum Gasteiger partial charge on any atom is -0.399 e. The lowest BCUT2D eigenvalue weighted by atomic mass is 10.1. The summed E-state index contributed by atoms with van der Waals surface area (Å²) >= 11 is 0. The number of benzene rings is 2. The van der Waals surface area contributed by atoms with Gasteiger partial charge in [0, 0.05) is 30.5 Å². The number of carbonyl (C=O) groups is 1. The second-order valence-electron chi connectivity index (χ2n) is 5.02. The van der Waals surface area contributed by atoms with E-state index in [2.05, 4.69) is 0 Å². The number of hydrogen-bond acceptors (Lipinski definition) is 3. The first-order valence-electron chi connectivity index (χ1n) is 7.05. The number of nitrogens with zero attached hydrogens (tertiary/aromatic N) is 1. The van der Waals surface area contributed by atoms with E-state index in [0.29, 0.717) is 17.8 Å². The minimum atomic E-state index is -0.381. The van der Waals surface area contributed by atoms with Crippen LogP contribution in [0.1, 0.15) is 15.9 Å². The van der Waals surface area contributed by atoms with Crippen LogP contribution in [0, 0.1) is 0 Å². The molecule has 22 heavy (non-hydrogen) atoms. The Morgan fingerprint density at radius 3 is 2.36 bits per heavy atom. The normalized spacial score (nSPS) is 10.8. The zero-order valence-electron chi connectivity index (χ0n) is 12.5. The number of anilines is 2. The lowest BCUT2D eigenvalue weighted by Crippen LogP contribution is -2.19. The van der Waals surface area contributed by atoms with E-state index < -0.39 is 0 Å². The third-order valence-corrected chi connectivity index (χ3v) is 3.38. The molecule has 0 aliphatic heterocycles. The van der Waals surface area contributed by atoms with Crippen molar-refractivity contribution >= 4 is 23.2 Å². The Morgan fingerprint density at radius 2 is 1.77 bits per heavy atom. The van der Waals surface area contributed by atoms with Gasteiger partial charge in [0.2, 0.25) is 0 Å². The number of halogens is 1. The lowest BCUT2D eigenvalue weighted by Gasteiger charge is -2.17. The van der Waals surface area contributed by atoms with E-state index >= 15 is 0 Å². The van der Waals surface area contributed by atoms with Crippen LogP contribution in [0.2, 0.25) is 0 Å². The van der Waals surface area contributed by atoms with E-state index in [4.69, 9.17) is 5.73 Å². The molecule has 2 aromatic rings. The van der Waals surface area contributed by atoms with Crippen molar-refractivity contribution in [1.82, 2.24) is 0 Å². The number of nitrogen functional groups attached to an aromatic ring is 1. The van der Waals surface area contributed by atoms with Crippen LogP contribution in [0.15, 0.2) is 54.6 Å². The molecular weight excluding hydrogens is 279 g/mol. The molecule has 0 aliphatic carbocycles. The monoisotopic (exact) mass is 298 g/mol. The fourth-order valence-corrected chi connectivity index (χ4v) is 2.01. The molecule has 0 heterocycles. The van der Waals surface area contributed by atoms with Gasteiger partial charge in [-0.15, -0.1) is 0 Å². The summed E-state index contributed by atoms with van der Waals surface area (Å²) in [5.74, 6) is -0.0707. The summed E-state index contributed by atoms with van der Waals surface area (Å²) in [7, 11) is 1.84. The smallest absolute Gasteiger partial charge is 0.185 e. The Hall–Kier alpha value is -2.62. The maximum Gasteiger partial charge on any atom is 0.185 e. The van der Waals surface area contributed by atoms with Crippen LogP contribution in [-0.4, -0.2) is 26.1 Å². The van der Waals surface area contributed by atoms with Gasteiger partial charge >= 0.3 is 0 Å². The molecule has 0 bridgehead atoms. The van der Waals surface area contributed by atoms with Gasteiger partial charge in [0.05, 0.1) is 0 Å². The van der Waals surface area contributed by atoms with Crippen molar-refractivity contribution in [2.45, 2.75) is 0 Å². The summed E-state index contributed by atoms with van der Waals surface area (Å²) in [6.45, 7) is -0.0148. The number of carbonyl (C=O) groups excluding carboxylic acids is 1. The quantitative estimate of drug-likeness (QED) is 0.504. The minimum absolute atomic E-state index is 0.0707. The molecule has 4 heteroatoms. The molecule has 0 saturated heterocycles. The topological polar surface area (TPSA) is 46.3 Å². The fourth-order valence-electron chi connectivity index (χ4n) is 2.01. The van der Waals surface area contributed by atoms with E-state index in [1.54, 1.807) is 30.3 Å². The van der Waals surface area contributed by atoms with Crippen LogP contribution in [0.4, 0.5) is 15.8 Å². The average Bonchev–Trinajstić information content (AvgIpc) is 2.54. The van der Waals surface area contributed by atoms with Gasteiger partial charge in [-0.1, -0.05) is 18.2 Å². The van der Waals surface area contributed by atoms with Gasteiger partial charge < -0.3 is 10.6 Å². The summed E-state index contributed by atoms with van der Waals surface area (Å²) in [4.78, 5) is 13.9. The highest BCUT2D eigenvalue weighted by atomic mass is 19.1. The molecule has 2 rings (SSSR count). The van der Waals surface area contributed by atoms with Crippen LogP contribution in [-0.2, 0) is 0 Å². The van der Waals surface area contributed by atoms with E-state index in [9.17, 15) is 9.18 Å². The second kappa shape index (κ2) is 7.41. The maximum absolute atomic E-state index is 12.3. The van der Waals surface area contributed by atoms with Crippen LogP contribution < -0.4 is 10.6 Å². The molecular formula is C18H19FN2O. The Morgan fingerprint density at radius 1 is 1.14 bits per heavy atom. The van der Waals surface area contributed by atoms with Crippen LogP contribution in [0.3, 0.4) is 0 Å². The summed E-state index contributed by atoms with van der Waals surface area (Å²) in [6.07, 6.45) is 3.30. The number of ketones is 1. The number of hydrogen-bond donors (Lipinski definition) is 1. The standard InChI is InChI=1S/C18H19FN2O/c1-21(13-12-19)17-9-2-14(3-10-17)4-11-18(22)15-5-7-16(20)8-6-15/h2-11H,12-13,20H2,1H3/b11-4+. The molecule has 0 aliphatic rings. The molecule has 0 unspecified atom stereocenters. The first-order valence-corrected chi connectivity index (χ1v) is 7.05. The van der Waals surface area contributed by atoms with Crippen molar-refractivity contribution in [2.75, 3.05) is 30.9 Å². The summed E-state index contributed by atoms with van der Waals surface area (Å²) in [5, 5.41) is 0. The number of allylic oxidation sites excluding steroid dienone is 1. The van der Waals surface area contributed by atoms with Crippen molar-refractivity contribution in [3.05, 3.63) is 65.7 Å². The van der Waals surface area contributed by atoms with Gasteiger partial charge in [-0.2, -0.15) is 0 Å². The lowest BCUT2D eigenvalue weighted by molar-refractivity contribution is 0.104. The van der Waals surface area contributed by atoms with Crippen LogP contribution in [0.25, 0.3) is 6.08 Å². The van der Waals surface area contributed by atoms with E-state index in [0.717, 1.165) is 11.3 Å². The van der Waals surface area contributed by atoms with E-state index in [1.807, 2.05) is 36.2 Å². The van der Waals surface area contributed by atoms with Crippen molar-refractivity contribution in [2.24, 2.45) is 0 Å². The highest BCUT2D eigenvalue weighted by molar-refractivity contribution is 6.06. The second-order valence-corrected chi connectivity index (χ2v) is 5.02. The first kappa shape index (κ1) is 15.8. The predicted octanol–water partition coefficient (Wildman–Crippen LogP) is 3.57. The molecule has 3 nitrogen and oxygen atoms in total. The van der Waals surface area contributed by atoms with E-state index in [1.165, 1.54) is 6.08 Å². The molecule has 0 saturated carbocycles. The van der Waals surface area contributed by atoms with Gasteiger partial charge in [0.25, 0.3) is 0 Å². The summed E-state index contributed by atoms with van der Waals surface area (Å²) in [5.41, 5.74) is 8.69. The average molecular weight is 298 g/mol. The predicted molar refractivity (Wildman–Crippen MR) is 89.9 cm³/mol. The molecule has 0 spiro atoms. The molecule has 2 aromatic carbocycles. The van der Waals surface area contributed by atoms with Gasteiger partial charge in [-0.25, -0.2) is 4.39 Å². The molecule has 114 valence electrons. The highest BCUT2D eigenvalue weighted by Crippen LogP contribution is 2.15. The number of nitrogens with two attached hydrogens (primary N) is 1.